The van der Waals surface area contributed by atoms with Crippen molar-refractivity contribution in [2.45, 2.75) is 38.0 Å². The molecule has 1 amide bonds. The molecule has 0 aliphatic rings. The molecule has 0 aliphatic heterocycles. The van der Waals surface area contributed by atoms with E-state index in [4.69, 9.17) is 5.73 Å². The third-order valence-electron chi connectivity index (χ3n) is 5.86. The Labute approximate surface area is 211 Å². The van der Waals surface area contributed by atoms with Crippen LogP contribution in [-0.4, -0.2) is 31.1 Å². The molecule has 0 fully saturated rings. The van der Waals surface area contributed by atoms with E-state index in [1.807, 2.05) is 61.5 Å². The molecular weight excluding hydrogens is 474 g/mol. The molecule has 0 saturated carbocycles. The van der Waals surface area contributed by atoms with Gasteiger partial charge >= 0.3 is 0 Å². The number of aryl methyl sites for hydroxylation is 1. The van der Waals surface area contributed by atoms with Crippen LogP contribution < -0.4 is 15.8 Å². The number of sulfonamides is 1. The number of nitrogens with two attached hydrogens (primary N) is 1. The highest BCUT2D eigenvalue weighted by atomic mass is 32.2. The fourth-order valence-electron chi connectivity index (χ4n) is 3.95. The quantitative estimate of drug-likeness (QED) is 0.274. The SMILES string of the molecule is CCCCNS(=O)(=O)c1cc(-c2nnc(Nc3ccc(CC(N)=O)cc3)c3ccccc23)ccc1C. The van der Waals surface area contributed by atoms with E-state index >= 15 is 0 Å². The van der Waals surface area contributed by atoms with Gasteiger partial charge in [-0.1, -0.05) is 61.9 Å². The number of primary amides is 1. The van der Waals surface area contributed by atoms with Gasteiger partial charge in [0, 0.05) is 28.6 Å². The van der Waals surface area contributed by atoms with Gasteiger partial charge in [-0.05, 0) is 42.7 Å². The fraction of sp³-hybridized carbons (Fsp3) is 0.222. The molecule has 0 radical (unpaired) electrons. The minimum absolute atomic E-state index is 0.181. The lowest BCUT2D eigenvalue weighted by Crippen LogP contribution is -2.25. The van der Waals surface area contributed by atoms with Crippen LogP contribution in [0.2, 0.25) is 0 Å². The van der Waals surface area contributed by atoms with Crippen molar-refractivity contribution in [3.05, 3.63) is 77.9 Å². The van der Waals surface area contributed by atoms with Gasteiger partial charge in [0.25, 0.3) is 0 Å². The summed E-state index contributed by atoms with van der Waals surface area (Å²) in [5.74, 6) is 0.185. The van der Waals surface area contributed by atoms with E-state index in [9.17, 15) is 13.2 Å². The number of anilines is 2. The van der Waals surface area contributed by atoms with Crippen molar-refractivity contribution in [2.75, 3.05) is 11.9 Å². The van der Waals surface area contributed by atoms with Gasteiger partial charge < -0.3 is 11.1 Å². The molecule has 0 bridgehead atoms. The molecule has 8 nitrogen and oxygen atoms in total. The van der Waals surface area contributed by atoms with Crippen LogP contribution in [-0.2, 0) is 21.2 Å². The summed E-state index contributed by atoms with van der Waals surface area (Å²) in [6.07, 6.45) is 1.86. The normalized spacial score (nSPS) is 11.5. The van der Waals surface area contributed by atoms with Crippen molar-refractivity contribution >= 4 is 38.2 Å². The van der Waals surface area contributed by atoms with Crippen molar-refractivity contribution in [3.63, 3.8) is 0 Å². The Kier molecular flexibility index (Phi) is 7.61. The Bertz CT molecular complexity index is 1500. The van der Waals surface area contributed by atoms with Crippen LogP contribution in [0.15, 0.2) is 71.6 Å². The van der Waals surface area contributed by atoms with Crippen molar-refractivity contribution in [1.82, 2.24) is 14.9 Å². The monoisotopic (exact) mass is 503 g/mol. The van der Waals surface area contributed by atoms with Crippen LogP contribution in [0.3, 0.4) is 0 Å². The molecule has 1 aromatic heterocycles. The second-order valence-corrected chi connectivity index (χ2v) is 10.4. The third kappa shape index (κ3) is 5.69. The smallest absolute Gasteiger partial charge is 0.240 e. The van der Waals surface area contributed by atoms with E-state index in [1.54, 1.807) is 19.1 Å². The van der Waals surface area contributed by atoms with Crippen LogP contribution in [0.4, 0.5) is 11.5 Å². The van der Waals surface area contributed by atoms with E-state index in [1.165, 1.54) is 0 Å². The van der Waals surface area contributed by atoms with Crippen molar-refractivity contribution in [3.8, 4) is 11.3 Å². The zero-order valence-electron chi connectivity index (χ0n) is 20.3. The number of aromatic nitrogens is 2. The number of nitrogens with one attached hydrogen (secondary N) is 2. The standard InChI is InChI=1S/C27H29N5O3S/c1-3-4-15-29-36(34,35)24-17-20(12-9-18(24)2)26-22-7-5-6-8-23(22)27(32-31-26)30-21-13-10-19(11-14-21)16-25(28)33/h5-14,17,29H,3-4,15-16H2,1-2H3,(H2,28,33)(H,30,32). The Hall–Kier alpha value is -3.82. The minimum atomic E-state index is -3.65. The largest absolute Gasteiger partial charge is 0.369 e. The van der Waals surface area contributed by atoms with Gasteiger partial charge in [-0.2, -0.15) is 0 Å². The Morgan fingerprint density at radius 3 is 2.39 bits per heavy atom. The first-order valence-electron chi connectivity index (χ1n) is 11.8. The average Bonchev–Trinajstić information content (AvgIpc) is 2.85. The molecule has 4 rings (SSSR count). The highest BCUT2D eigenvalue weighted by molar-refractivity contribution is 7.89. The van der Waals surface area contributed by atoms with E-state index in [-0.39, 0.29) is 17.2 Å². The van der Waals surface area contributed by atoms with E-state index < -0.39 is 10.0 Å². The predicted molar refractivity (Wildman–Crippen MR) is 142 cm³/mol. The van der Waals surface area contributed by atoms with Crippen LogP contribution in [0.25, 0.3) is 22.0 Å². The predicted octanol–water partition coefficient (Wildman–Crippen LogP) is 4.46. The molecule has 0 spiro atoms. The minimum Gasteiger partial charge on any atom is -0.369 e. The number of hydrogen-bond acceptors (Lipinski definition) is 6. The van der Waals surface area contributed by atoms with Crippen LogP contribution in [0, 0.1) is 6.92 Å². The van der Waals surface area contributed by atoms with Crippen molar-refractivity contribution in [2.24, 2.45) is 5.73 Å². The first-order valence-corrected chi connectivity index (χ1v) is 13.3. The summed E-state index contributed by atoms with van der Waals surface area (Å²) >= 11 is 0. The van der Waals surface area contributed by atoms with Crippen molar-refractivity contribution in [1.29, 1.82) is 0 Å². The van der Waals surface area contributed by atoms with Gasteiger partial charge in [0.2, 0.25) is 15.9 Å². The average molecular weight is 504 g/mol. The molecule has 36 heavy (non-hydrogen) atoms. The molecule has 4 aromatic rings. The Morgan fingerprint density at radius 2 is 1.69 bits per heavy atom. The first-order chi connectivity index (χ1) is 17.3. The van der Waals surface area contributed by atoms with E-state index in [0.29, 0.717) is 29.2 Å². The molecule has 0 aliphatic carbocycles. The number of carbonyl (C=O) groups excluding carboxylic acids is 1. The Balaban J connectivity index is 1.70. The molecule has 9 heteroatoms. The highest BCUT2D eigenvalue weighted by Crippen LogP contribution is 2.32. The maximum Gasteiger partial charge on any atom is 0.240 e. The topological polar surface area (TPSA) is 127 Å². The number of unbranched alkanes of at least 4 members (excludes halogenated alkanes) is 1. The summed E-state index contributed by atoms with van der Waals surface area (Å²) in [4.78, 5) is 11.4. The van der Waals surface area contributed by atoms with Gasteiger partial charge in [-0.3, -0.25) is 4.79 Å². The second-order valence-electron chi connectivity index (χ2n) is 8.64. The summed E-state index contributed by atoms with van der Waals surface area (Å²) in [6.45, 7) is 4.19. The van der Waals surface area contributed by atoms with Crippen LogP contribution in [0.5, 0.6) is 0 Å². The number of benzene rings is 3. The molecular formula is C27H29N5O3S. The van der Waals surface area contributed by atoms with Gasteiger partial charge in [0.1, 0.15) is 5.69 Å². The Morgan fingerprint density at radius 1 is 0.972 bits per heavy atom. The number of nitrogens with zero attached hydrogens (tertiary/aromatic N) is 2. The van der Waals surface area contributed by atoms with Crippen molar-refractivity contribution < 1.29 is 13.2 Å². The lowest BCUT2D eigenvalue weighted by atomic mass is 10.0. The van der Waals surface area contributed by atoms with Crippen LogP contribution >= 0.6 is 0 Å². The molecule has 0 unspecified atom stereocenters. The molecule has 0 saturated heterocycles. The zero-order valence-corrected chi connectivity index (χ0v) is 21.1. The van der Waals surface area contributed by atoms with Gasteiger partial charge in [0.15, 0.2) is 5.82 Å². The summed E-state index contributed by atoms with van der Waals surface area (Å²) < 4.78 is 28.5. The number of rotatable bonds is 10. The second kappa shape index (κ2) is 10.8. The zero-order chi connectivity index (χ0) is 25.7. The van der Waals surface area contributed by atoms with Crippen LogP contribution in [0.1, 0.15) is 30.9 Å². The maximum atomic E-state index is 12.9. The lowest BCUT2D eigenvalue weighted by Gasteiger charge is -2.14. The lowest BCUT2D eigenvalue weighted by molar-refractivity contribution is -0.117. The number of fused-ring (bicyclic) bond motifs is 1. The first kappa shape index (κ1) is 25.3. The summed E-state index contributed by atoms with van der Waals surface area (Å²) in [5, 5.41) is 13.9. The number of carbonyl (C=O) groups is 1. The third-order valence-corrected chi connectivity index (χ3v) is 7.46. The summed E-state index contributed by atoms with van der Waals surface area (Å²) in [6, 6.07) is 20.4. The number of hydrogen-bond donors (Lipinski definition) is 3. The van der Waals surface area contributed by atoms with Gasteiger partial charge in [-0.15, -0.1) is 10.2 Å². The van der Waals surface area contributed by atoms with E-state index in [2.05, 4.69) is 20.2 Å². The molecule has 186 valence electrons. The van der Waals surface area contributed by atoms with Gasteiger partial charge in [0.05, 0.1) is 11.3 Å². The maximum absolute atomic E-state index is 12.9. The molecule has 1 heterocycles. The fourth-order valence-corrected chi connectivity index (χ4v) is 5.29. The molecule has 0 atom stereocenters. The highest BCUT2D eigenvalue weighted by Gasteiger charge is 2.19. The summed E-state index contributed by atoms with van der Waals surface area (Å²) in [5.41, 5.74) is 8.82. The molecule has 4 N–H and O–H groups in total. The number of amides is 1. The van der Waals surface area contributed by atoms with E-state index in [0.717, 1.165) is 34.9 Å². The summed E-state index contributed by atoms with van der Waals surface area (Å²) in [7, 11) is -3.65. The molecule has 3 aromatic carbocycles. The van der Waals surface area contributed by atoms with Gasteiger partial charge in [-0.25, -0.2) is 13.1 Å².